The van der Waals surface area contributed by atoms with E-state index in [0.717, 1.165) is 25.3 Å². The number of nitrogens with one attached hydrogen (secondary N) is 1. The maximum absolute atomic E-state index is 11.2. The number of carboxylic acid groups (broad SMARTS) is 1. The van der Waals surface area contributed by atoms with Crippen LogP contribution in [0.4, 0.5) is 0 Å². The highest BCUT2D eigenvalue weighted by Gasteiger charge is 2.30. The Labute approximate surface area is 123 Å². The minimum atomic E-state index is -0.772. The van der Waals surface area contributed by atoms with Gasteiger partial charge in [-0.05, 0) is 78.0 Å². The fourth-order valence-electron chi connectivity index (χ4n) is 3.01. The minimum Gasteiger partial charge on any atom is -0.480 e. The number of hydrogen-bond donors (Lipinski definition) is 2. The first-order valence-electron chi connectivity index (χ1n) is 8.16. The van der Waals surface area contributed by atoms with Crippen molar-refractivity contribution in [2.75, 3.05) is 26.7 Å². The van der Waals surface area contributed by atoms with Crippen molar-refractivity contribution in [2.24, 2.45) is 5.92 Å². The van der Waals surface area contributed by atoms with Crippen LogP contribution in [0.2, 0.25) is 0 Å². The number of carbonyl (C=O) groups is 1. The molecule has 0 aromatic heterocycles. The van der Waals surface area contributed by atoms with Crippen LogP contribution in [-0.4, -0.2) is 48.2 Å². The zero-order chi connectivity index (χ0) is 15.0. The van der Waals surface area contributed by atoms with Crippen molar-refractivity contribution < 1.29 is 9.90 Å². The molecule has 2 N–H and O–H groups in total. The number of likely N-dealkylation sites (tertiary alicyclic amines) is 1. The predicted molar refractivity (Wildman–Crippen MR) is 83.0 cm³/mol. The van der Waals surface area contributed by atoms with E-state index in [-0.39, 0.29) is 0 Å². The molecule has 1 aliphatic heterocycles. The lowest BCUT2D eigenvalue weighted by Gasteiger charge is -2.25. The molecule has 4 nitrogen and oxygen atoms in total. The molecule has 0 radical (unpaired) electrons. The summed E-state index contributed by atoms with van der Waals surface area (Å²) in [5, 5.41) is 12.1. The van der Waals surface area contributed by atoms with E-state index in [9.17, 15) is 9.90 Å². The molecule has 2 unspecified atom stereocenters. The van der Waals surface area contributed by atoms with Crippen LogP contribution in [0.1, 0.15) is 58.8 Å². The Morgan fingerprint density at radius 1 is 1.35 bits per heavy atom. The van der Waals surface area contributed by atoms with E-state index in [1.165, 1.54) is 38.8 Å². The number of rotatable bonds is 8. The zero-order valence-corrected chi connectivity index (χ0v) is 13.5. The van der Waals surface area contributed by atoms with Crippen molar-refractivity contribution >= 4 is 5.97 Å². The van der Waals surface area contributed by atoms with Crippen molar-refractivity contribution in [2.45, 2.75) is 64.3 Å². The lowest BCUT2D eigenvalue weighted by molar-refractivity contribution is -0.144. The van der Waals surface area contributed by atoms with E-state index in [1.807, 2.05) is 0 Å². The van der Waals surface area contributed by atoms with Crippen LogP contribution in [0.5, 0.6) is 0 Å². The van der Waals surface area contributed by atoms with Gasteiger partial charge < -0.3 is 15.3 Å². The number of likely N-dealkylation sites (N-methyl/N-ethyl adjacent to an activating group) is 1. The second-order valence-corrected chi connectivity index (χ2v) is 6.39. The summed E-state index contributed by atoms with van der Waals surface area (Å²) in [4.78, 5) is 13.8. The third-order valence-corrected chi connectivity index (χ3v) is 4.94. The van der Waals surface area contributed by atoms with E-state index in [4.69, 9.17) is 0 Å². The van der Waals surface area contributed by atoms with Crippen LogP contribution < -0.4 is 5.32 Å². The molecule has 0 aromatic rings. The number of unbranched alkanes of at least 4 members (excludes halogenated alkanes) is 1. The fourth-order valence-corrected chi connectivity index (χ4v) is 3.01. The van der Waals surface area contributed by atoms with Crippen molar-refractivity contribution in [3.63, 3.8) is 0 Å². The molecule has 4 heteroatoms. The molecule has 20 heavy (non-hydrogen) atoms. The zero-order valence-electron chi connectivity index (χ0n) is 13.5. The lowest BCUT2D eigenvalue weighted by Crippen LogP contribution is -2.47. The number of hydrogen-bond acceptors (Lipinski definition) is 3. The quantitative estimate of drug-likeness (QED) is 0.673. The molecule has 0 saturated carbocycles. The molecule has 2 atom stereocenters. The molecule has 1 heterocycles. The van der Waals surface area contributed by atoms with Gasteiger partial charge in [0.1, 0.15) is 5.54 Å². The van der Waals surface area contributed by atoms with E-state index in [2.05, 4.69) is 17.1 Å². The van der Waals surface area contributed by atoms with Gasteiger partial charge in [0, 0.05) is 0 Å². The van der Waals surface area contributed by atoms with Gasteiger partial charge in [0.15, 0.2) is 0 Å². The third-order valence-electron chi connectivity index (χ3n) is 4.94. The number of nitrogens with zero attached hydrogens (tertiary/aromatic N) is 1. The molecule has 1 saturated heterocycles. The Hall–Kier alpha value is -0.610. The lowest BCUT2D eigenvalue weighted by atomic mass is 9.95. The Morgan fingerprint density at radius 2 is 2.10 bits per heavy atom. The van der Waals surface area contributed by atoms with Crippen LogP contribution in [0, 0.1) is 5.92 Å². The second-order valence-electron chi connectivity index (χ2n) is 6.39. The van der Waals surface area contributed by atoms with Gasteiger partial charge in [-0.1, -0.05) is 13.3 Å². The van der Waals surface area contributed by atoms with Gasteiger partial charge in [-0.25, -0.2) is 0 Å². The van der Waals surface area contributed by atoms with Gasteiger partial charge in [-0.3, -0.25) is 4.79 Å². The Kier molecular flexibility index (Phi) is 7.52. The fraction of sp³-hybridized carbons (Fsp3) is 0.938. The molecule has 1 fully saturated rings. The Morgan fingerprint density at radius 3 is 2.70 bits per heavy atom. The predicted octanol–water partition coefficient (Wildman–Crippen LogP) is 2.73. The van der Waals surface area contributed by atoms with Crippen LogP contribution in [0.25, 0.3) is 0 Å². The van der Waals surface area contributed by atoms with Gasteiger partial charge in [0.25, 0.3) is 0 Å². The second kappa shape index (κ2) is 8.63. The SMILES string of the molecule is CCC1CCCN(CCCCC(C)(NC)C(=O)O)CC1. The molecule has 0 bridgehead atoms. The summed E-state index contributed by atoms with van der Waals surface area (Å²) < 4.78 is 0. The summed E-state index contributed by atoms with van der Waals surface area (Å²) >= 11 is 0. The average molecular weight is 284 g/mol. The monoisotopic (exact) mass is 284 g/mol. The summed E-state index contributed by atoms with van der Waals surface area (Å²) in [7, 11) is 1.73. The summed E-state index contributed by atoms with van der Waals surface area (Å²) in [6, 6.07) is 0. The molecule has 1 rings (SSSR count). The summed E-state index contributed by atoms with van der Waals surface area (Å²) in [5.41, 5.74) is -0.772. The first kappa shape index (κ1) is 17.4. The Balaban J connectivity index is 2.22. The van der Waals surface area contributed by atoms with Crippen molar-refractivity contribution in [3.05, 3.63) is 0 Å². The van der Waals surface area contributed by atoms with Crippen LogP contribution in [0.15, 0.2) is 0 Å². The number of aliphatic carboxylic acids is 1. The van der Waals surface area contributed by atoms with Gasteiger partial charge in [0.05, 0.1) is 0 Å². The molecule has 0 amide bonds. The maximum Gasteiger partial charge on any atom is 0.323 e. The van der Waals surface area contributed by atoms with E-state index in [0.29, 0.717) is 6.42 Å². The normalized spacial score (nSPS) is 24.1. The highest BCUT2D eigenvalue weighted by molar-refractivity contribution is 5.78. The van der Waals surface area contributed by atoms with Gasteiger partial charge >= 0.3 is 5.97 Å². The third kappa shape index (κ3) is 5.41. The topological polar surface area (TPSA) is 52.6 Å². The smallest absolute Gasteiger partial charge is 0.323 e. The van der Waals surface area contributed by atoms with Gasteiger partial charge in [-0.2, -0.15) is 0 Å². The van der Waals surface area contributed by atoms with E-state index in [1.54, 1.807) is 14.0 Å². The average Bonchev–Trinajstić information content (AvgIpc) is 2.68. The summed E-state index contributed by atoms with van der Waals surface area (Å²) in [6.07, 6.45) is 8.11. The molecular weight excluding hydrogens is 252 g/mol. The van der Waals surface area contributed by atoms with Crippen molar-refractivity contribution in [1.29, 1.82) is 0 Å². The molecule has 118 valence electrons. The van der Waals surface area contributed by atoms with Crippen molar-refractivity contribution in [3.8, 4) is 0 Å². The van der Waals surface area contributed by atoms with Crippen molar-refractivity contribution in [1.82, 2.24) is 10.2 Å². The van der Waals surface area contributed by atoms with E-state index < -0.39 is 11.5 Å². The minimum absolute atomic E-state index is 0.699. The van der Waals surface area contributed by atoms with Gasteiger partial charge in [-0.15, -0.1) is 0 Å². The van der Waals surface area contributed by atoms with Crippen LogP contribution >= 0.6 is 0 Å². The highest BCUT2D eigenvalue weighted by Crippen LogP contribution is 2.21. The Bertz CT molecular complexity index is 296. The molecule has 0 aliphatic carbocycles. The maximum atomic E-state index is 11.2. The molecular formula is C16H32N2O2. The van der Waals surface area contributed by atoms with E-state index >= 15 is 0 Å². The van der Waals surface area contributed by atoms with Crippen LogP contribution in [-0.2, 0) is 4.79 Å². The molecule has 0 spiro atoms. The molecule has 1 aliphatic rings. The first-order valence-corrected chi connectivity index (χ1v) is 8.16. The largest absolute Gasteiger partial charge is 0.480 e. The summed E-state index contributed by atoms with van der Waals surface area (Å²) in [6.45, 7) is 7.63. The van der Waals surface area contributed by atoms with Gasteiger partial charge in [0.2, 0.25) is 0 Å². The standard InChI is InChI=1S/C16H32N2O2/c1-4-14-8-7-12-18(13-9-14)11-6-5-10-16(2,17-3)15(19)20/h14,17H,4-13H2,1-3H3,(H,19,20). The first-order chi connectivity index (χ1) is 9.51. The molecule has 0 aromatic carbocycles. The highest BCUT2D eigenvalue weighted by atomic mass is 16.4. The summed E-state index contributed by atoms with van der Waals surface area (Å²) in [5.74, 6) is 0.167. The number of carboxylic acids is 1. The van der Waals surface area contributed by atoms with Crippen LogP contribution in [0.3, 0.4) is 0 Å².